The lowest BCUT2D eigenvalue weighted by molar-refractivity contribution is -0.144. The molecule has 0 spiro atoms. The van der Waals surface area contributed by atoms with E-state index >= 15 is 0 Å². The van der Waals surface area contributed by atoms with Crippen molar-refractivity contribution < 1.29 is 42.6 Å². The second kappa shape index (κ2) is 25.9. The molecule has 18 nitrogen and oxygen atoms in total. The number of carbonyl (C=O) groups is 5. The molecule has 9 rings (SSSR count). The van der Waals surface area contributed by atoms with Crippen molar-refractivity contribution in [1.82, 2.24) is 40.9 Å². The average Bonchev–Trinajstić information content (AvgIpc) is 4.17. The minimum Gasteiger partial charge on any atom is -0.391 e. The van der Waals surface area contributed by atoms with Crippen molar-refractivity contribution >= 4 is 69.0 Å². The summed E-state index contributed by atoms with van der Waals surface area (Å²) >= 11 is 1.57. The Balaban J connectivity index is 0.718. The molecule has 7 N–H and O–H groups in total. The van der Waals surface area contributed by atoms with Crippen molar-refractivity contribution in [3.63, 3.8) is 0 Å². The van der Waals surface area contributed by atoms with E-state index < -0.39 is 41.1 Å². The van der Waals surface area contributed by atoms with Gasteiger partial charge in [-0.3, -0.25) is 34.0 Å². The molecule has 0 aliphatic carbocycles. The van der Waals surface area contributed by atoms with Gasteiger partial charge in [0.2, 0.25) is 23.6 Å². The van der Waals surface area contributed by atoms with Crippen LogP contribution in [0.4, 0.5) is 26.0 Å². The summed E-state index contributed by atoms with van der Waals surface area (Å²) in [6.07, 6.45) is 2.23. The molecular formula is C59H71F2N11O7S. The zero-order valence-corrected chi connectivity index (χ0v) is 46.5. The van der Waals surface area contributed by atoms with Crippen molar-refractivity contribution in [3.8, 4) is 10.4 Å². The number of unbranched alkanes of at least 4 members (excludes halogenated alkanes) is 1. The molecule has 0 radical (unpaired) electrons. The highest BCUT2D eigenvalue weighted by atomic mass is 32.1. The van der Waals surface area contributed by atoms with E-state index in [1.807, 2.05) is 93.9 Å². The number of amides is 5. The van der Waals surface area contributed by atoms with E-state index in [9.17, 15) is 37.9 Å². The third-order valence-electron chi connectivity index (χ3n) is 15.0. The number of likely N-dealkylation sites (tertiary alicyclic amines) is 1. The number of hydrogen-bond acceptors (Lipinski definition) is 13. The standard InChI is InChI=1S/C59H71F2N11O7S/c1-36-53(80-35-64-36)40-11-8-37(9-12-40)32-63-57(77)50-31-45(73)33-72(50)58(78)54(59(2,3)4)66-51(74)7-5-6-18-62-52(75)34-70-19-21-71(22-20-70)44-13-14-46(49(30-44)65-43-16-23-79-24-17-43)56(76)67-55-47-28-38(10-15-48(47)68-69-55)25-39-26-41(60)29-42(61)27-39/h8-15,26-30,35,43,45,50,54,65,73H,5-7,16-25,31-34H2,1-4H3,(H,62,75)(H,63,77)(H,66,74)(H2,67,68,69,76)/t45-,50+,54-/m1/s1. The first kappa shape index (κ1) is 57.4. The lowest BCUT2D eigenvalue weighted by Gasteiger charge is -2.36. The molecule has 0 unspecified atom stereocenters. The Labute approximate surface area is 468 Å². The van der Waals surface area contributed by atoms with Gasteiger partial charge in [-0.2, -0.15) is 5.10 Å². The fraction of sp³-hybridized carbons (Fsp3) is 0.441. The van der Waals surface area contributed by atoms with Crippen molar-refractivity contribution in [3.05, 3.63) is 124 Å². The molecule has 3 aliphatic heterocycles. The maximum absolute atomic E-state index is 14.1. The van der Waals surface area contributed by atoms with Gasteiger partial charge in [0.25, 0.3) is 5.91 Å². The fourth-order valence-corrected chi connectivity index (χ4v) is 11.4. The van der Waals surface area contributed by atoms with E-state index in [1.165, 1.54) is 17.0 Å². The predicted molar refractivity (Wildman–Crippen MR) is 304 cm³/mol. The van der Waals surface area contributed by atoms with Crippen LogP contribution in [0.15, 0.2) is 84.4 Å². The van der Waals surface area contributed by atoms with Gasteiger partial charge in [-0.15, -0.1) is 11.3 Å². The minimum absolute atomic E-state index is 0.0195. The Bertz CT molecular complexity index is 3150. The van der Waals surface area contributed by atoms with E-state index in [-0.39, 0.29) is 68.6 Å². The van der Waals surface area contributed by atoms with E-state index in [0.717, 1.165) is 51.9 Å². The Morgan fingerprint density at radius 2 is 1.60 bits per heavy atom. The number of carbonyl (C=O) groups excluding carboxylic acids is 5. The number of hydrogen-bond donors (Lipinski definition) is 7. The quantitative estimate of drug-likeness (QED) is 0.0387. The summed E-state index contributed by atoms with van der Waals surface area (Å²) in [7, 11) is 0. The molecule has 80 heavy (non-hydrogen) atoms. The second-order valence-corrected chi connectivity index (χ2v) is 23.0. The molecule has 3 atom stereocenters. The number of β-amino-alcohol motifs (C(OH)–C–C–N with tert-alkyl or cyclic N) is 1. The van der Waals surface area contributed by atoms with Crippen LogP contribution in [0.5, 0.6) is 0 Å². The third-order valence-corrected chi connectivity index (χ3v) is 16.0. The van der Waals surface area contributed by atoms with Gasteiger partial charge in [-0.1, -0.05) is 51.1 Å². The summed E-state index contributed by atoms with van der Waals surface area (Å²) in [4.78, 5) is 79.3. The second-order valence-electron chi connectivity index (χ2n) is 22.1. The van der Waals surface area contributed by atoms with Gasteiger partial charge in [0, 0.05) is 101 Å². The Hall–Kier alpha value is -7.33. The predicted octanol–water partition coefficient (Wildman–Crippen LogP) is 6.92. The molecule has 21 heteroatoms. The number of thiazole rings is 1. The number of nitrogens with one attached hydrogen (secondary N) is 6. The van der Waals surface area contributed by atoms with Crippen LogP contribution in [-0.4, -0.2) is 143 Å². The van der Waals surface area contributed by atoms with Crippen LogP contribution < -0.4 is 31.5 Å². The van der Waals surface area contributed by atoms with Crippen molar-refractivity contribution in [2.45, 2.75) is 103 Å². The van der Waals surface area contributed by atoms with E-state index in [0.29, 0.717) is 92.3 Å². The topological polar surface area (TPSA) is 226 Å². The Morgan fingerprint density at radius 1 is 0.863 bits per heavy atom. The zero-order chi connectivity index (χ0) is 56.5. The maximum atomic E-state index is 14.1. The first-order valence-electron chi connectivity index (χ1n) is 27.4. The number of anilines is 3. The molecule has 3 aliphatic rings. The Morgan fingerprint density at radius 3 is 2.31 bits per heavy atom. The number of aliphatic hydroxyl groups is 1. The highest BCUT2D eigenvalue weighted by molar-refractivity contribution is 7.13. The smallest absolute Gasteiger partial charge is 0.258 e. The normalized spacial score (nSPS) is 17.5. The van der Waals surface area contributed by atoms with Crippen molar-refractivity contribution in [2.24, 2.45) is 5.41 Å². The number of H-pyrrole nitrogens is 1. The number of aromatic amines is 1. The largest absolute Gasteiger partial charge is 0.391 e. The number of aromatic nitrogens is 3. The number of aliphatic hydroxyl groups excluding tert-OH is 1. The molecule has 3 fully saturated rings. The first-order valence-corrected chi connectivity index (χ1v) is 28.3. The lowest BCUT2D eigenvalue weighted by Crippen LogP contribution is -2.57. The lowest BCUT2D eigenvalue weighted by atomic mass is 9.85. The molecule has 2 aromatic heterocycles. The maximum Gasteiger partial charge on any atom is 0.258 e. The number of aryl methyl sites for hydroxylation is 1. The van der Waals surface area contributed by atoms with Gasteiger partial charge in [-0.05, 0) is 109 Å². The van der Waals surface area contributed by atoms with Gasteiger partial charge < -0.3 is 46.2 Å². The van der Waals surface area contributed by atoms with E-state index in [2.05, 4.69) is 51.6 Å². The molecule has 4 aromatic carbocycles. The number of nitrogens with zero attached hydrogens (tertiary/aromatic N) is 5. The van der Waals surface area contributed by atoms with Crippen LogP contribution in [0, 0.1) is 24.0 Å². The van der Waals surface area contributed by atoms with Gasteiger partial charge in [0.15, 0.2) is 5.82 Å². The summed E-state index contributed by atoms with van der Waals surface area (Å²) in [5.74, 6) is -2.55. The van der Waals surface area contributed by atoms with Gasteiger partial charge >= 0.3 is 0 Å². The molecule has 0 bridgehead atoms. The Kier molecular flexibility index (Phi) is 18.5. The summed E-state index contributed by atoms with van der Waals surface area (Å²) in [6.45, 7) is 12.2. The SMILES string of the molecule is Cc1ncsc1-c1ccc(CNC(=O)[C@@H]2C[C@@H](O)CN2C(=O)[C@@H](NC(=O)CCCCNC(=O)CN2CCN(c3ccc(C(=O)Nc4n[nH]c5ccc(Cc6cc(F)cc(F)c6)cc45)c(NC4CCOCC4)c3)CC2)C(C)(C)C)cc1. The van der Waals surface area contributed by atoms with Gasteiger partial charge in [0.1, 0.15) is 23.7 Å². The first-order chi connectivity index (χ1) is 38.4. The highest BCUT2D eigenvalue weighted by Gasteiger charge is 2.44. The number of benzene rings is 4. The number of halogens is 2. The minimum atomic E-state index is -0.941. The molecule has 5 heterocycles. The van der Waals surface area contributed by atoms with Crippen LogP contribution in [0.25, 0.3) is 21.3 Å². The van der Waals surface area contributed by atoms with Crippen LogP contribution in [-0.2, 0) is 36.9 Å². The number of ether oxygens (including phenoxy) is 1. The number of rotatable bonds is 20. The van der Waals surface area contributed by atoms with E-state index in [1.54, 1.807) is 11.3 Å². The molecule has 0 saturated carbocycles. The van der Waals surface area contributed by atoms with Crippen molar-refractivity contribution in [1.29, 1.82) is 0 Å². The molecule has 424 valence electrons. The number of fused-ring (bicyclic) bond motifs is 1. The summed E-state index contributed by atoms with van der Waals surface area (Å²) in [5.41, 5.74) is 8.02. The van der Waals surface area contributed by atoms with Crippen molar-refractivity contribution in [2.75, 3.05) is 74.6 Å². The average molecular weight is 1120 g/mol. The molecule has 3 saturated heterocycles. The third kappa shape index (κ3) is 14.7. The zero-order valence-electron chi connectivity index (χ0n) is 45.7. The van der Waals surface area contributed by atoms with Crippen LogP contribution in [0.1, 0.15) is 92.0 Å². The number of piperazine rings is 1. The van der Waals surface area contributed by atoms with Gasteiger partial charge in [-0.25, -0.2) is 13.8 Å². The molecule has 5 amide bonds. The summed E-state index contributed by atoms with van der Waals surface area (Å²) < 4.78 is 33.5. The van der Waals surface area contributed by atoms with Crippen LogP contribution in [0.2, 0.25) is 0 Å². The fourth-order valence-electron chi connectivity index (χ4n) is 10.6. The monoisotopic (exact) mass is 1120 g/mol. The van der Waals surface area contributed by atoms with E-state index in [4.69, 9.17) is 4.74 Å². The van der Waals surface area contributed by atoms with Crippen LogP contribution >= 0.6 is 11.3 Å². The highest BCUT2D eigenvalue weighted by Crippen LogP contribution is 2.32. The summed E-state index contributed by atoms with van der Waals surface area (Å²) in [5, 5.41) is 34.1. The van der Waals surface area contributed by atoms with Crippen LogP contribution in [0.3, 0.4) is 0 Å². The van der Waals surface area contributed by atoms with Gasteiger partial charge in [0.05, 0.1) is 39.8 Å². The molecular weight excluding hydrogens is 1040 g/mol. The summed E-state index contributed by atoms with van der Waals surface area (Å²) in [6, 6.07) is 20.8. The molecule has 6 aromatic rings.